The molecule has 1 heterocycles. The lowest BCUT2D eigenvalue weighted by Crippen LogP contribution is -2.00. The number of para-hydroxylation sites is 1. The van der Waals surface area contributed by atoms with E-state index in [1.54, 1.807) is 6.07 Å². The summed E-state index contributed by atoms with van der Waals surface area (Å²) >= 11 is 0. The number of hydrogen-bond donors (Lipinski definition) is 2. The summed E-state index contributed by atoms with van der Waals surface area (Å²) in [5.74, 6) is -1.31. The van der Waals surface area contributed by atoms with Crippen molar-refractivity contribution in [3.05, 3.63) is 47.8 Å². The second-order valence-corrected chi connectivity index (χ2v) is 4.14. The fourth-order valence-electron chi connectivity index (χ4n) is 2.12. The molecular weight excluding hydrogens is 249 g/mol. The molecule has 2 aromatic rings. The van der Waals surface area contributed by atoms with Crippen molar-refractivity contribution in [2.75, 3.05) is 12.0 Å². The molecule has 0 fully saturated rings. The second kappa shape index (κ2) is 4.28. The smallest absolute Gasteiger partial charge is 0.338 e. The van der Waals surface area contributed by atoms with Crippen molar-refractivity contribution in [1.82, 2.24) is 0 Å². The third kappa shape index (κ3) is 1.89. The largest absolute Gasteiger partial charge is 0.478 e. The number of rotatable bonds is 2. The van der Waals surface area contributed by atoms with Crippen molar-refractivity contribution < 1.29 is 19.0 Å². The van der Waals surface area contributed by atoms with Crippen LogP contribution >= 0.6 is 0 Å². The number of halogens is 1. The highest BCUT2D eigenvalue weighted by Gasteiger charge is 2.17. The summed E-state index contributed by atoms with van der Waals surface area (Å²) < 4.78 is 19.1. The maximum atomic E-state index is 13.7. The summed E-state index contributed by atoms with van der Waals surface area (Å²) in [5, 5.41) is 11.9. The SMILES string of the molecule is O=C(O)c1ccc(-c2cccc3c2NCO3)cc1F. The van der Waals surface area contributed by atoms with Crippen LogP contribution in [0.2, 0.25) is 0 Å². The fraction of sp³-hybridized carbons (Fsp3) is 0.0714. The van der Waals surface area contributed by atoms with Crippen LogP contribution in [0.1, 0.15) is 10.4 Å². The van der Waals surface area contributed by atoms with Crippen LogP contribution in [-0.4, -0.2) is 17.8 Å². The molecule has 5 heteroatoms. The molecule has 0 unspecified atom stereocenters. The zero-order chi connectivity index (χ0) is 13.4. The first kappa shape index (κ1) is 11.5. The Bertz CT molecular complexity index is 670. The van der Waals surface area contributed by atoms with Gasteiger partial charge in [0.15, 0.2) is 6.73 Å². The van der Waals surface area contributed by atoms with Gasteiger partial charge in [0.25, 0.3) is 0 Å². The van der Waals surface area contributed by atoms with E-state index in [0.717, 1.165) is 11.3 Å². The summed E-state index contributed by atoms with van der Waals surface area (Å²) in [6, 6.07) is 9.53. The molecule has 0 spiro atoms. The number of carbonyl (C=O) groups is 1. The molecule has 0 saturated heterocycles. The summed E-state index contributed by atoms with van der Waals surface area (Å²) in [4.78, 5) is 10.8. The number of carboxylic acids is 1. The van der Waals surface area contributed by atoms with E-state index in [-0.39, 0.29) is 5.56 Å². The number of hydrogen-bond acceptors (Lipinski definition) is 3. The minimum Gasteiger partial charge on any atom is -0.478 e. The highest BCUT2D eigenvalue weighted by molar-refractivity contribution is 5.90. The Morgan fingerprint density at radius 2 is 2.16 bits per heavy atom. The summed E-state index contributed by atoms with van der Waals surface area (Å²) in [7, 11) is 0. The van der Waals surface area contributed by atoms with Gasteiger partial charge in [0.05, 0.1) is 11.3 Å². The molecule has 0 amide bonds. The molecule has 2 N–H and O–H groups in total. The topological polar surface area (TPSA) is 58.6 Å². The highest BCUT2D eigenvalue weighted by Crippen LogP contribution is 2.38. The summed E-state index contributed by atoms with van der Waals surface area (Å²) in [5.41, 5.74) is 1.86. The lowest BCUT2D eigenvalue weighted by molar-refractivity contribution is 0.0692. The van der Waals surface area contributed by atoms with E-state index in [2.05, 4.69) is 5.32 Å². The van der Waals surface area contributed by atoms with Crippen LogP contribution < -0.4 is 10.1 Å². The first-order valence-corrected chi connectivity index (χ1v) is 5.70. The van der Waals surface area contributed by atoms with Crippen molar-refractivity contribution in [1.29, 1.82) is 0 Å². The van der Waals surface area contributed by atoms with Crippen LogP contribution in [0, 0.1) is 5.82 Å². The standard InChI is InChI=1S/C14H10FNO3/c15-11-6-8(4-5-10(11)14(17)18)9-2-1-3-12-13(9)16-7-19-12/h1-6,16H,7H2,(H,17,18). The molecule has 2 aromatic carbocycles. The van der Waals surface area contributed by atoms with Gasteiger partial charge in [-0.1, -0.05) is 18.2 Å². The average molecular weight is 259 g/mol. The highest BCUT2D eigenvalue weighted by atomic mass is 19.1. The number of nitrogens with one attached hydrogen (secondary N) is 1. The molecular formula is C14H10FNO3. The predicted octanol–water partition coefficient (Wildman–Crippen LogP) is 2.95. The molecule has 0 saturated carbocycles. The lowest BCUT2D eigenvalue weighted by atomic mass is 10.0. The van der Waals surface area contributed by atoms with E-state index in [9.17, 15) is 9.18 Å². The van der Waals surface area contributed by atoms with Crippen LogP contribution in [0.4, 0.5) is 10.1 Å². The van der Waals surface area contributed by atoms with Crippen LogP contribution in [0.25, 0.3) is 11.1 Å². The van der Waals surface area contributed by atoms with Crippen molar-refractivity contribution >= 4 is 11.7 Å². The summed E-state index contributed by atoms with van der Waals surface area (Å²) in [6.07, 6.45) is 0. The first-order valence-electron chi connectivity index (χ1n) is 5.70. The number of anilines is 1. The Balaban J connectivity index is 2.11. The van der Waals surface area contributed by atoms with Crippen LogP contribution in [0.5, 0.6) is 5.75 Å². The number of benzene rings is 2. The van der Waals surface area contributed by atoms with Gasteiger partial charge in [-0.05, 0) is 23.8 Å². The molecule has 0 radical (unpaired) electrons. The maximum absolute atomic E-state index is 13.7. The summed E-state index contributed by atoms with van der Waals surface area (Å²) in [6.45, 7) is 0.377. The lowest BCUT2D eigenvalue weighted by Gasteiger charge is -2.08. The Labute approximate surface area is 108 Å². The molecule has 0 atom stereocenters. The molecule has 1 aliphatic heterocycles. The van der Waals surface area contributed by atoms with Crippen molar-refractivity contribution in [2.45, 2.75) is 0 Å². The van der Waals surface area contributed by atoms with E-state index in [1.165, 1.54) is 12.1 Å². The van der Waals surface area contributed by atoms with Gasteiger partial charge in [-0.25, -0.2) is 9.18 Å². The van der Waals surface area contributed by atoms with Gasteiger partial charge in [-0.15, -0.1) is 0 Å². The van der Waals surface area contributed by atoms with Crippen molar-refractivity contribution in [3.8, 4) is 16.9 Å². The molecule has 19 heavy (non-hydrogen) atoms. The Morgan fingerprint density at radius 3 is 2.89 bits per heavy atom. The number of aromatic carboxylic acids is 1. The molecule has 0 aromatic heterocycles. The van der Waals surface area contributed by atoms with E-state index in [1.807, 2.05) is 18.2 Å². The third-order valence-corrected chi connectivity index (χ3v) is 3.01. The van der Waals surface area contributed by atoms with Crippen molar-refractivity contribution in [3.63, 3.8) is 0 Å². The Hall–Kier alpha value is -2.56. The van der Waals surface area contributed by atoms with Gasteiger partial charge in [0.1, 0.15) is 11.6 Å². The minimum absolute atomic E-state index is 0.333. The number of carboxylic acid groups (broad SMARTS) is 1. The van der Waals surface area contributed by atoms with Crippen LogP contribution in [0.3, 0.4) is 0 Å². The molecule has 0 bridgehead atoms. The maximum Gasteiger partial charge on any atom is 0.338 e. The quantitative estimate of drug-likeness (QED) is 0.870. The molecule has 0 aliphatic carbocycles. The van der Waals surface area contributed by atoms with Crippen LogP contribution in [-0.2, 0) is 0 Å². The van der Waals surface area contributed by atoms with Gasteiger partial charge in [-0.3, -0.25) is 0 Å². The van der Waals surface area contributed by atoms with Gasteiger partial charge >= 0.3 is 5.97 Å². The van der Waals surface area contributed by atoms with E-state index in [4.69, 9.17) is 9.84 Å². The predicted molar refractivity (Wildman–Crippen MR) is 67.9 cm³/mol. The number of fused-ring (bicyclic) bond motifs is 1. The first-order chi connectivity index (χ1) is 9.16. The van der Waals surface area contributed by atoms with Gasteiger partial charge in [0, 0.05) is 5.56 Å². The average Bonchev–Trinajstić information content (AvgIpc) is 2.86. The monoisotopic (exact) mass is 259 g/mol. The second-order valence-electron chi connectivity index (χ2n) is 4.14. The van der Waals surface area contributed by atoms with E-state index < -0.39 is 11.8 Å². The molecule has 1 aliphatic rings. The molecule has 3 rings (SSSR count). The molecule has 4 nitrogen and oxygen atoms in total. The molecule has 96 valence electrons. The normalized spacial score (nSPS) is 12.5. The van der Waals surface area contributed by atoms with Gasteiger partial charge in [0.2, 0.25) is 0 Å². The third-order valence-electron chi connectivity index (χ3n) is 3.01. The van der Waals surface area contributed by atoms with Crippen molar-refractivity contribution in [2.24, 2.45) is 0 Å². The minimum atomic E-state index is -1.27. The fourth-order valence-corrected chi connectivity index (χ4v) is 2.12. The Kier molecular flexibility index (Phi) is 2.59. The zero-order valence-electron chi connectivity index (χ0n) is 9.81. The zero-order valence-corrected chi connectivity index (χ0v) is 9.81. The van der Waals surface area contributed by atoms with Crippen LogP contribution in [0.15, 0.2) is 36.4 Å². The van der Waals surface area contributed by atoms with Gasteiger partial charge < -0.3 is 15.2 Å². The van der Waals surface area contributed by atoms with E-state index >= 15 is 0 Å². The number of ether oxygens (including phenoxy) is 1. The van der Waals surface area contributed by atoms with E-state index in [0.29, 0.717) is 18.0 Å². The Morgan fingerprint density at radius 1 is 1.32 bits per heavy atom. The van der Waals surface area contributed by atoms with Gasteiger partial charge in [-0.2, -0.15) is 0 Å².